The lowest BCUT2D eigenvalue weighted by atomic mass is 10.1. The lowest BCUT2D eigenvalue weighted by Gasteiger charge is -2.17. The first-order valence-electron chi connectivity index (χ1n) is 5.28. The van der Waals surface area contributed by atoms with Crippen LogP contribution in [0.1, 0.15) is 18.1 Å². The maximum Gasteiger partial charge on any atom is 0.416 e. The van der Waals surface area contributed by atoms with Crippen molar-refractivity contribution in [3.8, 4) is 0 Å². The lowest BCUT2D eigenvalue weighted by molar-refractivity contribution is -0.137. The normalized spacial score (nSPS) is 11.9. The lowest BCUT2D eigenvalue weighted by Crippen LogP contribution is -2.19. The van der Waals surface area contributed by atoms with Gasteiger partial charge >= 0.3 is 6.18 Å². The molecule has 0 N–H and O–H groups in total. The molecule has 0 fully saturated rings. The molecule has 0 bridgehead atoms. The van der Waals surface area contributed by atoms with E-state index in [9.17, 15) is 13.2 Å². The average molecular weight is 243 g/mol. The van der Waals surface area contributed by atoms with Gasteiger partial charge in [0.25, 0.3) is 0 Å². The Kier molecular flexibility index (Phi) is 4.34. The number of likely N-dealkylation sites (N-methyl/N-ethyl adjacent to an activating group) is 1. The third-order valence-corrected chi connectivity index (χ3v) is 2.27. The molecule has 17 heavy (non-hydrogen) atoms. The van der Waals surface area contributed by atoms with Gasteiger partial charge in [0.2, 0.25) is 0 Å². The number of benzene rings is 1. The van der Waals surface area contributed by atoms with Crippen LogP contribution in [0.2, 0.25) is 0 Å². The molecular formula is C13H16F3N. The van der Waals surface area contributed by atoms with Gasteiger partial charge in [-0.15, -0.1) is 0 Å². The molecule has 1 nitrogen and oxygen atoms in total. The highest BCUT2D eigenvalue weighted by Crippen LogP contribution is 2.29. The largest absolute Gasteiger partial charge is 0.416 e. The van der Waals surface area contributed by atoms with E-state index in [1.807, 2.05) is 18.9 Å². The van der Waals surface area contributed by atoms with Gasteiger partial charge in [-0.3, -0.25) is 4.90 Å². The van der Waals surface area contributed by atoms with E-state index in [0.29, 0.717) is 6.54 Å². The number of hydrogen-bond donors (Lipinski definition) is 0. The molecule has 0 spiro atoms. The Bertz CT molecular complexity index is 379. The second-order valence-corrected chi connectivity index (χ2v) is 4.32. The monoisotopic (exact) mass is 243 g/mol. The second-order valence-electron chi connectivity index (χ2n) is 4.32. The SMILES string of the molecule is C=C(C)CN(C)Cc1ccc(C(F)(F)F)cc1. The summed E-state index contributed by atoms with van der Waals surface area (Å²) >= 11 is 0. The maximum absolute atomic E-state index is 12.3. The molecule has 0 atom stereocenters. The summed E-state index contributed by atoms with van der Waals surface area (Å²) < 4.78 is 37.0. The summed E-state index contributed by atoms with van der Waals surface area (Å²) in [5, 5.41) is 0. The molecule has 0 unspecified atom stereocenters. The van der Waals surface area contributed by atoms with Gasteiger partial charge in [0, 0.05) is 13.1 Å². The third-order valence-electron chi connectivity index (χ3n) is 2.27. The van der Waals surface area contributed by atoms with Crippen LogP contribution in [0.5, 0.6) is 0 Å². The van der Waals surface area contributed by atoms with Gasteiger partial charge in [0.1, 0.15) is 0 Å². The summed E-state index contributed by atoms with van der Waals surface area (Å²) in [5.41, 5.74) is 1.28. The van der Waals surface area contributed by atoms with Gasteiger partial charge in [-0.2, -0.15) is 13.2 Å². The molecule has 0 amide bonds. The van der Waals surface area contributed by atoms with Gasteiger partial charge in [-0.1, -0.05) is 24.3 Å². The number of alkyl halides is 3. The zero-order valence-corrected chi connectivity index (χ0v) is 10.0. The van der Waals surface area contributed by atoms with Crippen LogP contribution >= 0.6 is 0 Å². The standard InChI is InChI=1S/C13H16F3N/c1-10(2)8-17(3)9-11-4-6-12(7-5-11)13(14,15)16/h4-7H,1,8-9H2,2-3H3. The molecule has 1 aromatic rings. The maximum atomic E-state index is 12.3. The van der Waals surface area contributed by atoms with Crippen LogP contribution < -0.4 is 0 Å². The number of hydrogen-bond acceptors (Lipinski definition) is 1. The zero-order chi connectivity index (χ0) is 13.1. The Labute approximate surface area is 99.6 Å². The first kappa shape index (κ1) is 13.8. The molecule has 0 heterocycles. The molecule has 0 aliphatic carbocycles. The molecule has 0 aliphatic heterocycles. The van der Waals surface area contributed by atoms with Gasteiger partial charge in [0.15, 0.2) is 0 Å². The molecule has 1 aromatic carbocycles. The predicted octanol–water partition coefficient (Wildman–Crippen LogP) is 3.71. The summed E-state index contributed by atoms with van der Waals surface area (Å²) in [7, 11) is 1.91. The summed E-state index contributed by atoms with van der Waals surface area (Å²) in [6, 6.07) is 5.25. The van der Waals surface area contributed by atoms with E-state index in [0.717, 1.165) is 29.8 Å². The molecule has 0 aliphatic rings. The molecule has 0 saturated heterocycles. The van der Waals surface area contributed by atoms with Gasteiger partial charge < -0.3 is 0 Å². The van der Waals surface area contributed by atoms with Crippen LogP contribution in [0.4, 0.5) is 13.2 Å². The van der Waals surface area contributed by atoms with Crippen LogP contribution in [0, 0.1) is 0 Å². The Balaban J connectivity index is 2.66. The van der Waals surface area contributed by atoms with E-state index < -0.39 is 11.7 Å². The Morgan fingerprint density at radius 1 is 1.24 bits per heavy atom. The number of rotatable bonds is 4. The smallest absolute Gasteiger partial charge is 0.298 e. The van der Waals surface area contributed by atoms with Gasteiger partial charge in [0.05, 0.1) is 5.56 Å². The second kappa shape index (κ2) is 5.36. The first-order valence-corrected chi connectivity index (χ1v) is 5.28. The minimum absolute atomic E-state index is 0.608. The van der Waals surface area contributed by atoms with Crippen molar-refractivity contribution < 1.29 is 13.2 Å². The van der Waals surface area contributed by atoms with Gasteiger partial charge in [-0.25, -0.2) is 0 Å². The van der Waals surface area contributed by atoms with E-state index >= 15 is 0 Å². The van der Waals surface area contributed by atoms with Crippen molar-refractivity contribution in [1.29, 1.82) is 0 Å². The topological polar surface area (TPSA) is 3.24 Å². The number of nitrogens with zero attached hydrogens (tertiary/aromatic N) is 1. The molecule has 1 rings (SSSR count). The van der Waals surface area contributed by atoms with E-state index in [1.165, 1.54) is 12.1 Å². The van der Waals surface area contributed by atoms with Crippen molar-refractivity contribution in [1.82, 2.24) is 4.90 Å². The highest BCUT2D eigenvalue weighted by atomic mass is 19.4. The summed E-state index contributed by atoms with van der Waals surface area (Å²) in [5.74, 6) is 0. The van der Waals surface area contributed by atoms with Crippen molar-refractivity contribution in [2.24, 2.45) is 0 Å². The van der Waals surface area contributed by atoms with Crippen molar-refractivity contribution in [2.45, 2.75) is 19.6 Å². The van der Waals surface area contributed by atoms with Crippen molar-refractivity contribution >= 4 is 0 Å². The zero-order valence-electron chi connectivity index (χ0n) is 10.0. The minimum Gasteiger partial charge on any atom is -0.298 e. The fraction of sp³-hybridized carbons (Fsp3) is 0.385. The van der Waals surface area contributed by atoms with Crippen molar-refractivity contribution in [2.75, 3.05) is 13.6 Å². The summed E-state index contributed by atoms with van der Waals surface area (Å²) in [6.45, 7) is 7.07. The van der Waals surface area contributed by atoms with E-state index in [1.54, 1.807) is 0 Å². The fourth-order valence-corrected chi connectivity index (χ4v) is 1.63. The first-order chi connectivity index (χ1) is 7.79. The Morgan fingerprint density at radius 2 is 1.76 bits per heavy atom. The quantitative estimate of drug-likeness (QED) is 0.728. The average Bonchev–Trinajstić information content (AvgIpc) is 2.15. The summed E-state index contributed by atoms with van der Waals surface area (Å²) in [6.07, 6.45) is -4.26. The summed E-state index contributed by atoms with van der Waals surface area (Å²) in [4.78, 5) is 2.00. The molecule has 0 aromatic heterocycles. The van der Waals surface area contributed by atoms with E-state index in [2.05, 4.69) is 6.58 Å². The van der Waals surface area contributed by atoms with E-state index in [4.69, 9.17) is 0 Å². The molecule has 4 heteroatoms. The predicted molar refractivity (Wildman–Crippen MR) is 62.6 cm³/mol. The van der Waals surface area contributed by atoms with Crippen LogP contribution in [0.3, 0.4) is 0 Å². The molecule has 0 radical (unpaired) electrons. The van der Waals surface area contributed by atoms with Crippen LogP contribution in [-0.2, 0) is 12.7 Å². The number of halogens is 3. The highest BCUT2D eigenvalue weighted by Gasteiger charge is 2.29. The molecular weight excluding hydrogens is 227 g/mol. The fourth-order valence-electron chi connectivity index (χ4n) is 1.63. The molecule has 0 saturated carbocycles. The van der Waals surface area contributed by atoms with Crippen molar-refractivity contribution in [3.63, 3.8) is 0 Å². The third kappa shape index (κ3) is 4.61. The van der Waals surface area contributed by atoms with Crippen LogP contribution in [0.25, 0.3) is 0 Å². The minimum atomic E-state index is -4.26. The van der Waals surface area contributed by atoms with E-state index in [-0.39, 0.29) is 0 Å². The van der Waals surface area contributed by atoms with Crippen molar-refractivity contribution in [3.05, 3.63) is 47.5 Å². The molecule has 94 valence electrons. The highest BCUT2D eigenvalue weighted by molar-refractivity contribution is 5.24. The van der Waals surface area contributed by atoms with Crippen LogP contribution in [0.15, 0.2) is 36.4 Å². The Morgan fingerprint density at radius 3 is 2.18 bits per heavy atom. The van der Waals surface area contributed by atoms with Gasteiger partial charge in [-0.05, 0) is 31.7 Å². The van der Waals surface area contributed by atoms with Crippen LogP contribution in [-0.4, -0.2) is 18.5 Å². The Hall–Kier alpha value is -1.29.